The minimum atomic E-state index is -0.692. The molecule has 2 N–H and O–H groups in total. The number of nitrogens with one attached hydrogen (secondary N) is 2. The molecule has 3 rings (SSSR count). The highest BCUT2D eigenvalue weighted by molar-refractivity contribution is 6.06. The first-order valence-corrected chi connectivity index (χ1v) is 9.23. The number of piperidine rings is 1. The molecular formula is C19H23N3O6. The second-order valence-electron chi connectivity index (χ2n) is 6.53. The van der Waals surface area contributed by atoms with Crippen LogP contribution in [0, 0.1) is 0 Å². The van der Waals surface area contributed by atoms with E-state index in [1.54, 1.807) is 18.2 Å². The highest BCUT2D eigenvalue weighted by Gasteiger charge is 2.39. The van der Waals surface area contributed by atoms with Gasteiger partial charge < -0.3 is 19.7 Å². The van der Waals surface area contributed by atoms with Crippen molar-refractivity contribution in [1.82, 2.24) is 10.2 Å². The number of nitrogens with zero attached hydrogens (tertiary/aromatic N) is 1. The maximum Gasteiger partial charge on any atom is 0.255 e. The fourth-order valence-electron chi connectivity index (χ4n) is 3.32. The number of hydrogen-bond acceptors (Lipinski definition) is 6. The molecule has 1 saturated heterocycles. The largest absolute Gasteiger partial charge is 0.379 e. The number of benzene rings is 1. The molecular weight excluding hydrogens is 366 g/mol. The maximum absolute atomic E-state index is 12.7. The Hall–Kier alpha value is -2.78. The van der Waals surface area contributed by atoms with Crippen LogP contribution in [0.25, 0.3) is 0 Å². The lowest BCUT2D eigenvalue weighted by molar-refractivity contribution is -0.137. The van der Waals surface area contributed by atoms with Gasteiger partial charge in [0.25, 0.3) is 5.91 Å². The van der Waals surface area contributed by atoms with E-state index in [4.69, 9.17) is 9.47 Å². The molecule has 0 radical (unpaired) electrons. The van der Waals surface area contributed by atoms with Gasteiger partial charge in [0.05, 0.1) is 13.2 Å². The predicted octanol–water partition coefficient (Wildman–Crippen LogP) is 0.439. The summed E-state index contributed by atoms with van der Waals surface area (Å²) < 4.78 is 10.4. The first kappa shape index (κ1) is 20.0. The molecule has 2 aliphatic heterocycles. The number of fused-ring (bicyclic) bond motifs is 1. The number of carbonyl (C=O) groups excluding carboxylic acids is 4. The molecule has 2 aliphatic rings. The topological polar surface area (TPSA) is 114 Å². The SMILES string of the molecule is CCOCCOCC(=O)Nc1cccc2c1CN(C1CCC(=O)NC1=O)C2=O. The van der Waals surface area contributed by atoms with E-state index in [1.807, 2.05) is 6.92 Å². The summed E-state index contributed by atoms with van der Waals surface area (Å²) in [6.07, 6.45) is 0.485. The van der Waals surface area contributed by atoms with Crippen molar-refractivity contribution in [1.29, 1.82) is 0 Å². The Balaban J connectivity index is 1.64. The zero-order valence-corrected chi connectivity index (χ0v) is 15.7. The quantitative estimate of drug-likeness (QED) is 0.493. The van der Waals surface area contributed by atoms with Gasteiger partial charge in [0.15, 0.2) is 0 Å². The van der Waals surface area contributed by atoms with Gasteiger partial charge in [0, 0.05) is 36.4 Å². The van der Waals surface area contributed by atoms with E-state index in [1.165, 1.54) is 4.90 Å². The first-order chi connectivity index (χ1) is 13.5. The number of anilines is 1. The highest BCUT2D eigenvalue weighted by atomic mass is 16.5. The molecule has 9 heteroatoms. The van der Waals surface area contributed by atoms with Crippen molar-refractivity contribution in [3.63, 3.8) is 0 Å². The number of rotatable bonds is 8. The molecule has 0 saturated carbocycles. The van der Waals surface area contributed by atoms with E-state index in [-0.39, 0.29) is 37.3 Å². The predicted molar refractivity (Wildman–Crippen MR) is 98.4 cm³/mol. The zero-order valence-electron chi connectivity index (χ0n) is 15.7. The van der Waals surface area contributed by atoms with Gasteiger partial charge in [0.1, 0.15) is 12.6 Å². The van der Waals surface area contributed by atoms with Crippen molar-refractivity contribution in [3.05, 3.63) is 29.3 Å². The van der Waals surface area contributed by atoms with Gasteiger partial charge in [-0.1, -0.05) is 6.07 Å². The molecule has 1 aromatic carbocycles. The summed E-state index contributed by atoms with van der Waals surface area (Å²) >= 11 is 0. The summed E-state index contributed by atoms with van der Waals surface area (Å²) in [6.45, 7) is 3.27. The summed E-state index contributed by atoms with van der Waals surface area (Å²) in [4.78, 5) is 49.8. The van der Waals surface area contributed by atoms with Crippen LogP contribution in [0.4, 0.5) is 5.69 Å². The second kappa shape index (κ2) is 8.94. The van der Waals surface area contributed by atoms with Crippen LogP contribution in [0.1, 0.15) is 35.7 Å². The van der Waals surface area contributed by atoms with Crippen molar-refractivity contribution < 1.29 is 28.7 Å². The van der Waals surface area contributed by atoms with E-state index >= 15 is 0 Å². The molecule has 150 valence electrons. The Labute approximate surface area is 162 Å². The van der Waals surface area contributed by atoms with Gasteiger partial charge in [0.2, 0.25) is 17.7 Å². The molecule has 0 spiro atoms. The molecule has 0 aliphatic carbocycles. The van der Waals surface area contributed by atoms with Crippen LogP contribution in [0.5, 0.6) is 0 Å². The minimum absolute atomic E-state index is 0.123. The van der Waals surface area contributed by atoms with E-state index in [9.17, 15) is 19.2 Å². The molecule has 0 aromatic heterocycles. The molecule has 9 nitrogen and oxygen atoms in total. The zero-order chi connectivity index (χ0) is 20.1. The smallest absolute Gasteiger partial charge is 0.255 e. The first-order valence-electron chi connectivity index (χ1n) is 9.23. The lowest BCUT2D eigenvalue weighted by atomic mass is 10.0. The lowest BCUT2D eigenvalue weighted by Gasteiger charge is -2.29. The average molecular weight is 389 g/mol. The van der Waals surface area contributed by atoms with Crippen molar-refractivity contribution in [2.24, 2.45) is 0 Å². The third-order valence-electron chi connectivity index (χ3n) is 4.67. The number of imide groups is 1. The Morgan fingerprint density at radius 2 is 2.04 bits per heavy atom. The normalized spacial score (nSPS) is 18.8. The molecule has 0 bridgehead atoms. The number of amides is 4. The fraction of sp³-hybridized carbons (Fsp3) is 0.474. The molecule has 1 aromatic rings. The molecule has 2 heterocycles. The third-order valence-corrected chi connectivity index (χ3v) is 4.67. The molecule has 1 fully saturated rings. The molecule has 1 atom stereocenters. The van der Waals surface area contributed by atoms with Crippen LogP contribution >= 0.6 is 0 Å². The summed E-state index contributed by atoms with van der Waals surface area (Å²) in [7, 11) is 0. The van der Waals surface area contributed by atoms with Crippen molar-refractivity contribution in [3.8, 4) is 0 Å². The second-order valence-corrected chi connectivity index (χ2v) is 6.53. The van der Waals surface area contributed by atoms with Gasteiger partial charge >= 0.3 is 0 Å². The monoisotopic (exact) mass is 389 g/mol. The van der Waals surface area contributed by atoms with Crippen LogP contribution in [-0.4, -0.2) is 61.0 Å². The van der Waals surface area contributed by atoms with Gasteiger partial charge in [-0.25, -0.2) is 0 Å². The van der Waals surface area contributed by atoms with E-state index in [2.05, 4.69) is 10.6 Å². The summed E-state index contributed by atoms with van der Waals surface area (Å²) in [6, 6.07) is 4.36. The fourth-order valence-corrected chi connectivity index (χ4v) is 3.32. The standard InChI is InChI=1S/C19H23N3O6/c1-2-27-8-9-28-11-17(24)20-14-5-3-4-12-13(14)10-22(19(12)26)15-6-7-16(23)21-18(15)25/h3-5,15H,2,6-11H2,1H3,(H,20,24)(H,21,23,25). The average Bonchev–Trinajstić information content (AvgIpc) is 2.99. The van der Waals surface area contributed by atoms with E-state index < -0.39 is 11.9 Å². The van der Waals surface area contributed by atoms with Crippen molar-refractivity contribution in [2.75, 3.05) is 31.7 Å². The third kappa shape index (κ3) is 4.37. The highest BCUT2D eigenvalue weighted by Crippen LogP contribution is 2.32. The van der Waals surface area contributed by atoms with Crippen molar-refractivity contribution >= 4 is 29.3 Å². The summed E-state index contributed by atoms with van der Waals surface area (Å²) in [5.41, 5.74) is 1.61. The Morgan fingerprint density at radius 3 is 2.79 bits per heavy atom. The van der Waals surface area contributed by atoms with Crippen LogP contribution in [-0.2, 0) is 30.4 Å². The number of ether oxygens (including phenoxy) is 2. The Morgan fingerprint density at radius 1 is 1.25 bits per heavy atom. The molecule has 1 unspecified atom stereocenters. The minimum Gasteiger partial charge on any atom is -0.379 e. The van der Waals surface area contributed by atoms with Gasteiger partial charge in [-0.15, -0.1) is 0 Å². The number of carbonyl (C=O) groups is 4. The molecule has 4 amide bonds. The molecule has 28 heavy (non-hydrogen) atoms. The Kier molecular flexibility index (Phi) is 6.37. The van der Waals surface area contributed by atoms with Gasteiger partial charge in [-0.3, -0.25) is 24.5 Å². The van der Waals surface area contributed by atoms with Crippen LogP contribution in [0.15, 0.2) is 18.2 Å². The lowest BCUT2D eigenvalue weighted by Crippen LogP contribution is -2.52. The van der Waals surface area contributed by atoms with Gasteiger partial charge in [-0.05, 0) is 25.5 Å². The van der Waals surface area contributed by atoms with E-state index in [0.29, 0.717) is 43.1 Å². The summed E-state index contributed by atoms with van der Waals surface area (Å²) in [5.74, 6) is -1.42. The van der Waals surface area contributed by atoms with Crippen LogP contribution in [0.3, 0.4) is 0 Å². The van der Waals surface area contributed by atoms with Crippen LogP contribution in [0.2, 0.25) is 0 Å². The number of hydrogen-bond donors (Lipinski definition) is 2. The maximum atomic E-state index is 12.7. The Bertz CT molecular complexity index is 794. The van der Waals surface area contributed by atoms with Crippen LogP contribution < -0.4 is 10.6 Å². The summed E-state index contributed by atoms with van der Waals surface area (Å²) in [5, 5.41) is 5.03. The van der Waals surface area contributed by atoms with E-state index in [0.717, 1.165) is 0 Å². The van der Waals surface area contributed by atoms with Crippen molar-refractivity contribution in [2.45, 2.75) is 32.4 Å². The van der Waals surface area contributed by atoms with Gasteiger partial charge in [-0.2, -0.15) is 0 Å².